The van der Waals surface area contributed by atoms with Crippen LogP contribution in [-0.2, 0) is 33.3 Å². The predicted octanol–water partition coefficient (Wildman–Crippen LogP) is 3.65. The summed E-state index contributed by atoms with van der Waals surface area (Å²) < 4.78 is 22.9. The summed E-state index contributed by atoms with van der Waals surface area (Å²) in [5.41, 5.74) is 0.912. The van der Waals surface area contributed by atoms with Crippen LogP contribution in [0.3, 0.4) is 0 Å². The molecule has 0 radical (unpaired) electrons. The lowest BCUT2D eigenvalue weighted by molar-refractivity contribution is -0.165. The SMILES string of the molecule is C=C1CCCC(C)C(OC(C)=O)C2OC(=O)C(=C)C2CC2OC2(C)CCC1OC(C)=O. The fourth-order valence-electron chi connectivity index (χ4n) is 4.88. The largest absolute Gasteiger partial charge is 0.458 e. The van der Waals surface area contributed by atoms with Gasteiger partial charge in [0.15, 0.2) is 0 Å². The average molecular weight is 435 g/mol. The second-order valence-electron chi connectivity index (χ2n) is 9.40. The zero-order valence-electron chi connectivity index (χ0n) is 19.0. The van der Waals surface area contributed by atoms with Crippen LogP contribution in [0.1, 0.15) is 66.2 Å². The van der Waals surface area contributed by atoms with E-state index in [1.54, 1.807) is 0 Å². The Morgan fingerprint density at radius 1 is 1.13 bits per heavy atom. The third kappa shape index (κ3) is 5.37. The van der Waals surface area contributed by atoms with Crippen molar-refractivity contribution in [2.24, 2.45) is 11.8 Å². The number of esters is 3. The molecule has 7 nitrogen and oxygen atoms in total. The molecule has 0 aromatic carbocycles. The van der Waals surface area contributed by atoms with Crippen molar-refractivity contribution in [2.75, 3.05) is 0 Å². The summed E-state index contributed by atoms with van der Waals surface area (Å²) in [6.45, 7) is 14.9. The number of hydrogen-bond donors (Lipinski definition) is 0. The van der Waals surface area contributed by atoms with Gasteiger partial charge in [-0.15, -0.1) is 0 Å². The van der Waals surface area contributed by atoms with Gasteiger partial charge in [-0.3, -0.25) is 9.59 Å². The maximum absolute atomic E-state index is 12.3. The molecule has 31 heavy (non-hydrogen) atoms. The lowest BCUT2D eigenvalue weighted by Crippen LogP contribution is -2.40. The molecule has 7 unspecified atom stereocenters. The third-order valence-electron chi connectivity index (χ3n) is 6.86. The van der Waals surface area contributed by atoms with E-state index in [9.17, 15) is 14.4 Å². The van der Waals surface area contributed by atoms with E-state index in [4.69, 9.17) is 18.9 Å². The first-order valence-corrected chi connectivity index (χ1v) is 11.1. The molecule has 0 bridgehead atoms. The molecule has 0 aromatic rings. The quantitative estimate of drug-likeness (QED) is 0.215. The van der Waals surface area contributed by atoms with Gasteiger partial charge in [0.25, 0.3) is 0 Å². The number of rotatable bonds is 2. The molecule has 2 aliphatic heterocycles. The van der Waals surface area contributed by atoms with E-state index in [0.29, 0.717) is 31.3 Å². The van der Waals surface area contributed by atoms with Crippen LogP contribution < -0.4 is 0 Å². The second-order valence-corrected chi connectivity index (χ2v) is 9.40. The molecule has 0 amide bonds. The highest BCUT2D eigenvalue weighted by Crippen LogP contribution is 2.48. The maximum Gasteiger partial charge on any atom is 0.334 e. The van der Waals surface area contributed by atoms with Crippen molar-refractivity contribution in [3.05, 3.63) is 24.3 Å². The van der Waals surface area contributed by atoms with Crippen molar-refractivity contribution in [1.82, 2.24) is 0 Å². The number of fused-ring (bicyclic) bond motifs is 2. The van der Waals surface area contributed by atoms with Gasteiger partial charge < -0.3 is 18.9 Å². The molecule has 172 valence electrons. The highest BCUT2D eigenvalue weighted by atomic mass is 16.6. The fourth-order valence-corrected chi connectivity index (χ4v) is 4.88. The van der Waals surface area contributed by atoms with Gasteiger partial charge in [0.05, 0.1) is 11.7 Å². The molecule has 1 aliphatic carbocycles. The van der Waals surface area contributed by atoms with Gasteiger partial charge in [-0.2, -0.15) is 0 Å². The van der Waals surface area contributed by atoms with Gasteiger partial charge in [0.2, 0.25) is 0 Å². The Kier molecular flexibility index (Phi) is 6.94. The lowest BCUT2D eigenvalue weighted by Gasteiger charge is -2.31. The fraction of sp³-hybridized carbons (Fsp3) is 0.708. The van der Waals surface area contributed by atoms with Crippen molar-refractivity contribution in [3.8, 4) is 0 Å². The van der Waals surface area contributed by atoms with Gasteiger partial charge >= 0.3 is 17.9 Å². The summed E-state index contributed by atoms with van der Waals surface area (Å²) >= 11 is 0. The number of carbonyl (C=O) groups excluding carboxylic acids is 3. The van der Waals surface area contributed by atoms with Gasteiger partial charge in [0, 0.05) is 25.3 Å². The van der Waals surface area contributed by atoms with Crippen LogP contribution in [-0.4, -0.2) is 47.9 Å². The molecule has 3 aliphatic rings. The summed E-state index contributed by atoms with van der Waals surface area (Å²) in [6.07, 6.45) is 2.59. The normalized spacial score (nSPS) is 38.9. The molecule has 0 spiro atoms. The van der Waals surface area contributed by atoms with E-state index >= 15 is 0 Å². The molecule has 0 aromatic heterocycles. The summed E-state index contributed by atoms with van der Waals surface area (Å²) in [4.78, 5) is 35.8. The predicted molar refractivity (Wildman–Crippen MR) is 113 cm³/mol. The Hall–Kier alpha value is -2.15. The van der Waals surface area contributed by atoms with Crippen LogP contribution in [0.25, 0.3) is 0 Å². The first-order valence-electron chi connectivity index (χ1n) is 11.1. The molecule has 3 rings (SSSR count). The Morgan fingerprint density at radius 3 is 2.45 bits per heavy atom. The van der Waals surface area contributed by atoms with Crippen LogP contribution in [0.5, 0.6) is 0 Å². The molecule has 3 fully saturated rings. The van der Waals surface area contributed by atoms with Crippen LogP contribution >= 0.6 is 0 Å². The minimum atomic E-state index is -0.563. The van der Waals surface area contributed by atoms with Gasteiger partial charge in [0.1, 0.15) is 18.3 Å². The molecule has 1 saturated carbocycles. The van der Waals surface area contributed by atoms with Crippen LogP contribution in [0.2, 0.25) is 0 Å². The highest BCUT2D eigenvalue weighted by Gasteiger charge is 2.56. The van der Waals surface area contributed by atoms with Crippen molar-refractivity contribution in [3.63, 3.8) is 0 Å². The van der Waals surface area contributed by atoms with E-state index in [1.165, 1.54) is 13.8 Å². The van der Waals surface area contributed by atoms with Crippen LogP contribution in [0, 0.1) is 11.8 Å². The average Bonchev–Trinajstić information content (AvgIpc) is 3.24. The van der Waals surface area contributed by atoms with E-state index < -0.39 is 24.1 Å². The van der Waals surface area contributed by atoms with Gasteiger partial charge in [-0.1, -0.05) is 20.1 Å². The summed E-state index contributed by atoms with van der Waals surface area (Å²) in [6, 6.07) is 0. The topological polar surface area (TPSA) is 91.4 Å². The van der Waals surface area contributed by atoms with Crippen LogP contribution in [0.4, 0.5) is 0 Å². The van der Waals surface area contributed by atoms with E-state index in [1.807, 2.05) is 13.8 Å². The Labute approximate surface area is 184 Å². The summed E-state index contributed by atoms with van der Waals surface area (Å²) in [5, 5.41) is 0. The molecule has 7 atom stereocenters. The minimum Gasteiger partial charge on any atom is -0.458 e. The van der Waals surface area contributed by atoms with E-state index in [2.05, 4.69) is 13.2 Å². The Balaban J connectivity index is 1.86. The minimum absolute atomic E-state index is 0.0375. The van der Waals surface area contributed by atoms with Gasteiger partial charge in [-0.05, 0) is 56.9 Å². The zero-order chi connectivity index (χ0) is 22.9. The second kappa shape index (κ2) is 9.15. The number of hydrogen-bond acceptors (Lipinski definition) is 7. The summed E-state index contributed by atoms with van der Waals surface area (Å²) in [5.74, 6) is -1.47. The molecule has 0 N–H and O–H groups in total. The zero-order valence-corrected chi connectivity index (χ0v) is 19.0. The third-order valence-corrected chi connectivity index (χ3v) is 6.86. The molecule has 7 heteroatoms. The maximum atomic E-state index is 12.3. The Bertz CT molecular complexity index is 772. The molecule has 2 saturated heterocycles. The first-order chi connectivity index (χ1) is 14.5. The molecular formula is C24H34O7. The van der Waals surface area contributed by atoms with Gasteiger partial charge in [-0.25, -0.2) is 4.79 Å². The van der Waals surface area contributed by atoms with Crippen molar-refractivity contribution >= 4 is 17.9 Å². The highest BCUT2D eigenvalue weighted by molar-refractivity contribution is 5.91. The first kappa shape index (κ1) is 23.5. The van der Waals surface area contributed by atoms with E-state index in [-0.39, 0.29) is 35.6 Å². The van der Waals surface area contributed by atoms with Crippen LogP contribution in [0.15, 0.2) is 24.3 Å². The monoisotopic (exact) mass is 434 g/mol. The standard InChI is InChI=1S/C24H34O7/c1-13-8-7-9-14(2)21(29-17(5)26)22-18(15(3)23(27)30-22)12-20-24(6,31-20)11-10-19(13)28-16(4)25/h14,18-22H,1,3,7-12H2,2,4-6H3. The molecule has 2 heterocycles. The summed E-state index contributed by atoms with van der Waals surface area (Å²) in [7, 11) is 0. The van der Waals surface area contributed by atoms with E-state index in [0.717, 1.165) is 18.4 Å². The number of epoxide rings is 1. The van der Waals surface area contributed by atoms with Crippen molar-refractivity contribution in [2.45, 2.75) is 96.2 Å². The number of ether oxygens (including phenoxy) is 4. The number of carbonyl (C=O) groups is 3. The lowest BCUT2D eigenvalue weighted by atomic mass is 9.81. The van der Waals surface area contributed by atoms with Crippen molar-refractivity contribution in [1.29, 1.82) is 0 Å². The molecular weight excluding hydrogens is 400 g/mol. The Morgan fingerprint density at radius 2 is 1.81 bits per heavy atom. The van der Waals surface area contributed by atoms with Crippen molar-refractivity contribution < 1.29 is 33.3 Å². The smallest absolute Gasteiger partial charge is 0.334 e.